The van der Waals surface area contributed by atoms with E-state index in [2.05, 4.69) is 22.3 Å². The van der Waals surface area contributed by atoms with E-state index in [1.165, 1.54) is 18.4 Å². The van der Waals surface area contributed by atoms with Crippen molar-refractivity contribution in [2.24, 2.45) is 5.73 Å². The highest BCUT2D eigenvalue weighted by atomic mass is 16.1. The van der Waals surface area contributed by atoms with Crippen molar-refractivity contribution >= 4 is 11.6 Å². The summed E-state index contributed by atoms with van der Waals surface area (Å²) >= 11 is 0. The van der Waals surface area contributed by atoms with Crippen LogP contribution in [0.3, 0.4) is 0 Å². The third kappa shape index (κ3) is 2.02. The topological polar surface area (TPSA) is 58.4 Å². The first-order valence-electron chi connectivity index (χ1n) is 6.65. The second-order valence-corrected chi connectivity index (χ2v) is 5.14. The van der Waals surface area contributed by atoms with Crippen LogP contribution in [0.1, 0.15) is 30.0 Å². The van der Waals surface area contributed by atoms with Crippen molar-refractivity contribution in [1.29, 1.82) is 0 Å². The summed E-state index contributed by atoms with van der Waals surface area (Å²) in [5, 5.41) is 2.87. The maximum absolute atomic E-state index is 11.4. The molecule has 1 aromatic carbocycles. The van der Waals surface area contributed by atoms with Gasteiger partial charge in [-0.25, -0.2) is 0 Å². The fourth-order valence-electron chi connectivity index (χ4n) is 3.01. The summed E-state index contributed by atoms with van der Waals surface area (Å²) in [7, 11) is 0. The van der Waals surface area contributed by atoms with Gasteiger partial charge in [0.1, 0.15) is 0 Å². The fraction of sp³-hybridized carbons (Fsp3) is 0.500. The summed E-state index contributed by atoms with van der Waals surface area (Å²) in [6.07, 6.45) is 3.03. The van der Waals surface area contributed by atoms with Gasteiger partial charge in [0.2, 0.25) is 5.91 Å². The first kappa shape index (κ1) is 11.7. The molecule has 1 amide bonds. The molecular formula is C14H19N3O. The third-order valence-electron chi connectivity index (χ3n) is 3.94. The maximum Gasteiger partial charge on any atom is 0.228 e. The van der Waals surface area contributed by atoms with Crippen molar-refractivity contribution in [3.05, 3.63) is 29.3 Å². The molecule has 1 aromatic rings. The Balaban J connectivity index is 1.87. The van der Waals surface area contributed by atoms with Gasteiger partial charge in [-0.05, 0) is 43.1 Å². The average Bonchev–Trinajstić information content (AvgIpc) is 2.97. The van der Waals surface area contributed by atoms with Gasteiger partial charge in [-0.15, -0.1) is 0 Å². The SMILES string of the molecule is NCC(c1ccc2c(c1)CC(=O)N2)N1CCCC1. The molecule has 4 nitrogen and oxygen atoms in total. The Bertz CT molecular complexity index is 466. The molecule has 3 rings (SSSR count). The molecule has 18 heavy (non-hydrogen) atoms. The molecule has 3 N–H and O–H groups in total. The van der Waals surface area contributed by atoms with E-state index in [0.29, 0.717) is 19.0 Å². The van der Waals surface area contributed by atoms with Crippen molar-refractivity contribution in [2.45, 2.75) is 25.3 Å². The molecule has 0 radical (unpaired) electrons. The van der Waals surface area contributed by atoms with Crippen molar-refractivity contribution in [1.82, 2.24) is 4.90 Å². The summed E-state index contributed by atoms with van der Waals surface area (Å²) < 4.78 is 0. The van der Waals surface area contributed by atoms with E-state index in [1.54, 1.807) is 0 Å². The zero-order valence-electron chi connectivity index (χ0n) is 10.5. The molecular weight excluding hydrogens is 226 g/mol. The number of amides is 1. The minimum Gasteiger partial charge on any atom is -0.329 e. The molecule has 96 valence electrons. The monoisotopic (exact) mass is 245 g/mol. The number of carbonyl (C=O) groups excluding carboxylic acids is 1. The smallest absolute Gasteiger partial charge is 0.228 e. The molecule has 1 unspecified atom stereocenters. The molecule has 1 saturated heterocycles. The van der Waals surface area contributed by atoms with Crippen LogP contribution in [-0.2, 0) is 11.2 Å². The zero-order valence-corrected chi connectivity index (χ0v) is 10.5. The van der Waals surface area contributed by atoms with E-state index in [-0.39, 0.29) is 5.91 Å². The van der Waals surface area contributed by atoms with Gasteiger partial charge in [-0.2, -0.15) is 0 Å². The van der Waals surface area contributed by atoms with E-state index >= 15 is 0 Å². The number of hydrogen-bond acceptors (Lipinski definition) is 3. The lowest BCUT2D eigenvalue weighted by Gasteiger charge is -2.27. The molecule has 2 aliphatic rings. The molecule has 4 heteroatoms. The molecule has 0 aromatic heterocycles. The zero-order chi connectivity index (χ0) is 12.5. The number of rotatable bonds is 3. The van der Waals surface area contributed by atoms with E-state index in [4.69, 9.17) is 5.73 Å². The Morgan fingerprint density at radius 2 is 2.11 bits per heavy atom. The number of benzene rings is 1. The van der Waals surface area contributed by atoms with Crippen LogP contribution in [0, 0.1) is 0 Å². The number of hydrogen-bond donors (Lipinski definition) is 2. The Kier molecular flexibility index (Phi) is 3.06. The number of nitrogens with zero attached hydrogens (tertiary/aromatic N) is 1. The molecule has 2 aliphatic heterocycles. The second kappa shape index (κ2) is 4.71. The van der Waals surface area contributed by atoms with Crippen LogP contribution >= 0.6 is 0 Å². The van der Waals surface area contributed by atoms with E-state index in [1.807, 2.05) is 6.07 Å². The second-order valence-electron chi connectivity index (χ2n) is 5.14. The van der Waals surface area contributed by atoms with Gasteiger partial charge in [0.25, 0.3) is 0 Å². The van der Waals surface area contributed by atoms with E-state index in [0.717, 1.165) is 24.3 Å². The first-order chi connectivity index (χ1) is 8.78. The number of anilines is 1. The highest BCUT2D eigenvalue weighted by molar-refractivity contribution is 5.99. The van der Waals surface area contributed by atoms with Crippen LogP contribution in [0.4, 0.5) is 5.69 Å². The predicted octanol–water partition coefficient (Wildman–Crippen LogP) is 1.28. The fourth-order valence-corrected chi connectivity index (χ4v) is 3.01. The Hall–Kier alpha value is -1.39. The highest BCUT2D eigenvalue weighted by Gasteiger charge is 2.24. The van der Waals surface area contributed by atoms with Gasteiger partial charge in [0.05, 0.1) is 6.42 Å². The minimum atomic E-state index is 0.0904. The normalized spacial score (nSPS) is 20.8. The standard InChI is InChI=1S/C14H19N3O/c15-9-13(17-5-1-2-6-17)10-3-4-12-11(7-10)8-14(18)16-12/h3-4,7,13H,1-2,5-6,8-9,15H2,(H,16,18). The largest absolute Gasteiger partial charge is 0.329 e. The van der Waals surface area contributed by atoms with Crippen LogP contribution in [-0.4, -0.2) is 30.4 Å². The summed E-state index contributed by atoms with van der Waals surface area (Å²) in [5.74, 6) is 0.0904. The Morgan fingerprint density at radius 3 is 2.83 bits per heavy atom. The van der Waals surface area contributed by atoms with Crippen LogP contribution in [0.2, 0.25) is 0 Å². The molecule has 2 heterocycles. The summed E-state index contributed by atoms with van der Waals surface area (Å²) in [6.45, 7) is 2.91. The van der Waals surface area contributed by atoms with Gasteiger partial charge < -0.3 is 11.1 Å². The van der Waals surface area contributed by atoms with Crippen LogP contribution in [0.5, 0.6) is 0 Å². The van der Waals surface area contributed by atoms with Gasteiger partial charge in [0, 0.05) is 18.3 Å². The molecule has 0 spiro atoms. The van der Waals surface area contributed by atoms with Crippen LogP contribution in [0.15, 0.2) is 18.2 Å². The molecule has 1 atom stereocenters. The van der Waals surface area contributed by atoms with E-state index in [9.17, 15) is 4.79 Å². The Labute approximate surface area is 107 Å². The number of nitrogens with two attached hydrogens (primary N) is 1. The Morgan fingerprint density at radius 1 is 1.33 bits per heavy atom. The van der Waals surface area contributed by atoms with Gasteiger partial charge in [0.15, 0.2) is 0 Å². The van der Waals surface area contributed by atoms with Crippen LogP contribution in [0.25, 0.3) is 0 Å². The molecule has 0 saturated carbocycles. The molecule has 0 aliphatic carbocycles. The number of nitrogens with one attached hydrogen (secondary N) is 1. The number of fused-ring (bicyclic) bond motifs is 1. The average molecular weight is 245 g/mol. The third-order valence-corrected chi connectivity index (χ3v) is 3.94. The lowest BCUT2D eigenvalue weighted by Crippen LogP contribution is -2.31. The lowest BCUT2D eigenvalue weighted by atomic mass is 10.0. The predicted molar refractivity (Wildman–Crippen MR) is 71.4 cm³/mol. The van der Waals surface area contributed by atoms with Crippen LogP contribution < -0.4 is 11.1 Å². The quantitative estimate of drug-likeness (QED) is 0.843. The molecule has 1 fully saturated rings. The van der Waals surface area contributed by atoms with Gasteiger partial charge in [-0.3, -0.25) is 9.69 Å². The van der Waals surface area contributed by atoms with Gasteiger partial charge >= 0.3 is 0 Å². The first-order valence-corrected chi connectivity index (χ1v) is 6.65. The minimum absolute atomic E-state index is 0.0904. The molecule has 0 bridgehead atoms. The van der Waals surface area contributed by atoms with Gasteiger partial charge in [-0.1, -0.05) is 12.1 Å². The van der Waals surface area contributed by atoms with Crippen molar-refractivity contribution in [3.8, 4) is 0 Å². The maximum atomic E-state index is 11.4. The van der Waals surface area contributed by atoms with Crippen molar-refractivity contribution < 1.29 is 4.79 Å². The van der Waals surface area contributed by atoms with Crippen molar-refractivity contribution in [3.63, 3.8) is 0 Å². The summed E-state index contributed by atoms with van der Waals surface area (Å²) in [6, 6.07) is 6.55. The van der Waals surface area contributed by atoms with Crippen molar-refractivity contribution in [2.75, 3.05) is 25.0 Å². The number of carbonyl (C=O) groups is 1. The highest BCUT2D eigenvalue weighted by Crippen LogP contribution is 2.30. The lowest BCUT2D eigenvalue weighted by molar-refractivity contribution is -0.115. The summed E-state index contributed by atoms with van der Waals surface area (Å²) in [4.78, 5) is 13.8. The number of likely N-dealkylation sites (tertiary alicyclic amines) is 1. The summed E-state index contributed by atoms with van der Waals surface area (Å²) in [5.41, 5.74) is 9.24. The van der Waals surface area contributed by atoms with E-state index < -0.39 is 0 Å².